The minimum Gasteiger partial charge on any atom is -0.351 e. The molecule has 0 atom stereocenters. The lowest BCUT2D eigenvalue weighted by molar-refractivity contribution is -0.121. The fourth-order valence-electron chi connectivity index (χ4n) is 2.73. The van der Waals surface area contributed by atoms with Crippen LogP contribution in [0.15, 0.2) is 23.6 Å². The number of hydrogen-bond acceptors (Lipinski definition) is 4. The zero-order valence-electron chi connectivity index (χ0n) is 13.6. The van der Waals surface area contributed by atoms with Crippen LogP contribution in [0.5, 0.6) is 0 Å². The van der Waals surface area contributed by atoms with Gasteiger partial charge in [0.1, 0.15) is 0 Å². The first-order valence-electron chi connectivity index (χ1n) is 7.66. The third-order valence-electron chi connectivity index (χ3n) is 3.93. The molecular formula is C17H20N4OS. The smallest absolute Gasteiger partial charge is 0.220 e. The van der Waals surface area contributed by atoms with E-state index in [9.17, 15) is 4.79 Å². The molecule has 0 aliphatic carbocycles. The van der Waals surface area contributed by atoms with E-state index < -0.39 is 0 Å². The summed E-state index contributed by atoms with van der Waals surface area (Å²) in [6.07, 6.45) is 1.14. The number of fused-ring (bicyclic) bond motifs is 1. The minimum atomic E-state index is 0.0638. The van der Waals surface area contributed by atoms with Crippen molar-refractivity contribution in [1.82, 2.24) is 19.9 Å². The molecule has 3 aromatic rings. The lowest BCUT2D eigenvalue weighted by Crippen LogP contribution is -2.23. The third kappa shape index (κ3) is 3.42. The molecule has 0 bridgehead atoms. The van der Waals surface area contributed by atoms with Crippen molar-refractivity contribution in [3.8, 4) is 0 Å². The summed E-state index contributed by atoms with van der Waals surface area (Å²) in [6.45, 7) is 6.59. The Hall–Kier alpha value is -2.21. The van der Waals surface area contributed by atoms with Crippen molar-refractivity contribution < 1.29 is 4.79 Å². The Morgan fingerprint density at radius 1 is 1.35 bits per heavy atom. The summed E-state index contributed by atoms with van der Waals surface area (Å²) in [5, 5.41) is 9.45. The number of nitrogens with one attached hydrogen (secondary N) is 1. The molecule has 0 aliphatic rings. The Labute approximate surface area is 139 Å². The first-order valence-corrected chi connectivity index (χ1v) is 8.54. The van der Waals surface area contributed by atoms with Crippen molar-refractivity contribution in [3.63, 3.8) is 0 Å². The van der Waals surface area contributed by atoms with E-state index in [1.165, 1.54) is 4.88 Å². The van der Waals surface area contributed by atoms with Crippen molar-refractivity contribution >= 4 is 22.9 Å². The average molecular weight is 328 g/mol. The standard InChI is InChI=1S/C17H20N4OS/c1-11-9-16-19-12(2)15(13(3)21(16)20-11)6-7-17(22)18-10-14-5-4-8-23-14/h4-5,8-9H,6-7,10H2,1-3H3,(H,18,22). The summed E-state index contributed by atoms with van der Waals surface area (Å²) in [5.41, 5.74) is 4.95. The van der Waals surface area contributed by atoms with Crippen LogP contribution >= 0.6 is 11.3 Å². The average Bonchev–Trinajstić information content (AvgIpc) is 3.14. The first-order chi connectivity index (χ1) is 11.0. The number of hydrogen-bond donors (Lipinski definition) is 1. The third-order valence-corrected chi connectivity index (χ3v) is 4.80. The SMILES string of the molecule is Cc1cc2nc(C)c(CCC(=O)NCc3cccs3)c(C)n2n1. The van der Waals surface area contributed by atoms with Crippen LogP contribution < -0.4 is 5.32 Å². The molecule has 5 nitrogen and oxygen atoms in total. The van der Waals surface area contributed by atoms with Gasteiger partial charge in [-0.25, -0.2) is 9.50 Å². The number of aryl methyl sites for hydroxylation is 3. The largest absolute Gasteiger partial charge is 0.351 e. The molecule has 1 N–H and O–H groups in total. The van der Waals surface area contributed by atoms with E-state index in [1.807, 2.05) is 48.9 Å². The topological polar surface area (TPSA) is 59.3 Å². The van der Waals surface area contributed by atoms with Crippen LogP contribution in [0.2, 0.25) is 0 Å². The van der Waals surface area contributed by atoms with Gasteiger partial charge in [0.05, 0.1) is 12.2 Å². The van der Waals surface area contributed by atoms with Gasteiger partial charge in [-0.05, 0) is 44.2 Å². The molecule has 1 amide bonds. The van der Waals surface area contributed by atoms with Crippen LogP contribution in [0, 0.1) is 20.8 Å². The molecule has 0 radical (unpaired) electrons. The minimum absolute atomic E-state index is 0.0638. The van der Waals surface area contributed by atoms with Crippen LogP contribution in [-0.4, -0.2) is 20.5 Å². The number of amides is 1. The number of carbonyl (C=O) groups is 1. The highest BCUT2D eigenvalue weighted by Crippen LogP contribution is 2.17. The van der Waals surface area contributed by atoms with Crippen LogP contribution in [-0.2, 0) is 17.8 Å². The predicted octanol–water partition coefficient (Wildman–Crippen LogP) is 2.97. The first kappa shape index (κ1) is 15.7. The normalized spacial score (nSPS) is 11.1. The molecular weight excluding hydrogens is 308 g/mol. The Bertz CT molecular complexity index is 836. The second kappa shape index (κ2) is 6.50. The van der Waals surface area contributed by atoms with E-state index in [-0.39, 0.29) is 5.91 Å². The molecule has 3 rings (SSSR count). The van der Waals surface area contributed by atoms with E-state index in [0.29, 0.717) is 19.4 Å². The molecule has 0 saturated carbocycles. The second-order valence-corrected chi connectivity index (χ2v) is 6.71. The number of carbonyl (C=O) groups excluding carboxylic acids is 1. The summed E-state index contributed by atoms with van der Waals surface area (Å²) in [7, 11) is 0. The van der Waals surface area contributed by atoms with Crippen molar-refractivity contribution in [2.24, 2.45) is 0 Å². The van der Waals surface area contributed by atoms with E-state index >= 15 is 0 Å². The highest BCUT2D eigenvalue weighted by atomic mass is 32.1. The Balaban J connectivity index is 1.67. The van der Waals surface area contributed by atoms with Crippen LogP contribution in [0.25, 0.3) is 5.65 Å². The fourth-order valence-corrected chi connectivity index (χ4v) is 3.37. The van der Waals surface area contributed by atoms with Gasteiger partial charge in [-0.2, -0.15) is 5.10 Å². The summed E-state index contributed by atoms with van der Waals surface area (Å²) < 4.78 is 1.86. The molecule has 0 unspecified atom stereocenters. The fraction of sp³-hybridized carbons (Fsp3) is 0.353. The van der Waals surface area contributed by atoms with E-state index in [1.54, 1.807) is 11.3 Å². The van der Waals surface area contributed by atoms with Gasteiger partial charge in [0.25, 0.3) is 0 Å². The van der Waals surface area contributed by atoms with Gasteiger partial charge in [0, 0.05) is 28.8 Å². The maximum absolute atomic E-state index is 12.1. The summed E-state index contributed by atoms with van der Waals surface area (Å²) in [6, 6.07) is 5.99. The van der Waals surface area contributed by atoms with E-state index in [4.69, 9.17) is 0 Å². The van der Waals surface area contributed by atoms with Gasteiger partial charge in [0.2, 0.25) is 5.91 Å². The molecule has 0 spiro atoms. The summed E-state index contributed by atoms with van der Waals surface area (Å²) in [4.78, 5) is 17.8. The highest BCUT2D eigenvalue weighted by Gasteiger charge is 2.12. The number of nitrogens with zero attached hydrogens (tertiary/aromatic N) is 3. The van der Waals surface area contributed by atoms with Gasteiger partial charge < -0.3 is 5.32 Å². The zero-order valence-corrected chi connectivity index (χ0v) is 14.4. The molecule has 0 aliphatic heterocycles. The summed E-state index contributed by atoms with van der Waals surface area (Å²) >= 11 is 1.65. The maximum Gasteiger partial charge on any atom is 0.220 e. The molecule has 0 aromatic carbocycles. The lowest BCUT2D eigenvalue weighted by Gasteiger charge is -2.11. The molecule has 3 aromatic heterocycles. The Morgan fingerprint density at radius 2 is 2.17 bits per heavy atom. The van der Waals surface area contributed by atoms with Gasteiger partial charge in [-0.15, -0.1) is 11.3 Å². The monoisotopic (exact) mass is 328 g/mol. The highest BCUT2D eigenvalue weighted by molar-refractivity contribution is 7.09. The molecule has 23 heavy (non-hydrogen) atoms. The van der Waals surface area contributed by atoms with Crippen molar-refractivity contribution in [1.29, 1.82) is 0 Å². The lowest BCUT2D eigenvalue weighted by atomic mass is 10.1. The van der Waals surface area contributed by atoms with Gasteiger partial charge in [0.15, 0.2) is 5.65 Å². The number of thiophene rings is 1. The van der Waals surface area contributed by atoms with Crippen molar-refractivity contribution in [3.05, 3.63) is 51.1 Å². The van der Waals surface area contributed by atoms with Gasteiger partial charge >= 0.3 is 0 Å². The molecule has 120 valence electrons. The van der Waals surface area contributed by atoms with Crippen molar-refractivity contribution in [2.45, 2.75) is 40.2 Å². The molecule has 0 fully saturated rings. The molecule has 6 heteroatoms. The van der Waals surface area contributed by atoms with Crippen LogP contribution in [0.4, 0.5) is 0 Å². The van der Waals surface area contributed by atoms with Crippen molar-refractivity contribution in [2.75, 3.05) is 0 Å². The van der Waals surface area contributed by atoms with E-state index in [0.717, 1.165) is 28.3 Å². The van der Waals surface area contributed by atoms with Gasteiger partial charge in [-0.1, -0.05) is 6.07 Å². The Kier molecular flexibility index (Phi) is 4.43. The number of aromatic nitrogens is 3. The summed E-state index contributed by atoms with van der Waals surface area (Å²) in [5.74, 6) is 0.0638. The Morgan fingerprint density at radius 3 is 2.91 bits per heavy atom. The second-order valence-electron chi connectivity index (χ2n) is 5.67. The molecule has 3 heterocycles. The number of rotatable bonds is 5. The van der Waals surface area contributed by atoms with Gasteiger partial charge in [-0.3, -0.25) is 4.79 Å². The zero-order chi connectivity index (χ0) is 16.4. The van der Waals surface area contributed by atoms with Crippen LogP contribution in [0.3, 0.4) is 0 Å². The maximum atomic E-state index is 12.1. The molecule has 0 saturated heterocycles. The predicted molar refractivity (Wildman–Crippen MR) is 91.7 cm³/mol. The van der Waals surface area contributed by atoms with E-state index in [2.05, 4.69) is 15.4 Å². The quantitative estimate of drug-likeness (QED) is 0.783. The van der Waals surface area contributed by atoms with Crippen LogP contribution in [0.1, 0.15) is 33.9 Å².